The van der Waals surface area contributed by atoms with Crippen molar-refractivity contribution in [3.63, 3.8) is 0 Å². The molecular formula is C40H29N5O. The zero-order chi connectivity index (χ0) is 31.2. The first kappa shape index (κ1) is 27.4. The molecular weight excluding hydrogens is 566 g/mol. The van der Waals surface area contributed by atoms with Gasteiger partial charge in [-0.05, 0) is 57.3 Å². The number of hydrogen-bond donors (Lipinski definition) is 0. The summed E-state index contributed by atoms with van der Waals surface area (Å²) in [6.45, 7) is 0. The second kappa shape index (κ2) is 11.1. The van der Waals surface area contributed by atoms with Crippen molar-refractivity contribution in [1.82, 2.24) is 24.1 Å². The first-order valence-corrected chi connectivity index (χ1v) is 15.2. The van der Waals surface area contributed by atoms with E-state index in [0.717, 1.165) is 50.0 Å². The summed E-state index contributed by atoms with van der Waals surface area (Å²) in [5, 5.41) is 2.42. The van der Waals surface area contributed by atoms with Crippen LogP contribution in [0.2, 0.25) is 0 Å². The lowest BCUT2D eigenvalue weighted by atomic mass is 9.99. The van der Waals surface area contributed by atoms with Crippen LogP contribution < -0.4 is 5.69 Å². The van der Waals surface area contributed by atoms with Gasteiger partial charge in [0.1, 0.15) is 0 Å². The maximum atomic E-state index is 12.4. The number of benzene rings is 6. The van der Waals surface area contributed by atoms with Crippen LogP contribution in [0.15, 0.2) is 144 Å². The molecule has 6 aromatic carbocycles. The highest BCUT2D eigenvalue weighted by atomic mass is 16.1. The third kappa shape index (κ3) is 4.86. The highest BCUT2D eigenvalue weighted by molar-refractivity contribution is 5.88. The molecule has 2 aromatic heterocycles. The molecule has 0 fully saturated rings. The van der Waals surface area contributed by atoms with Crippen LogP contribution in [-0.2, 0) is 14.1 Å². The van der Waals surface area contributed by atoms with Gasteiger partial charge >= 0.3 is 5.69 Å². The monoisotopic (exact) mass is 595 g/mol. The molecule has 0 aliphatic heterocycles. The van der Waals surface area contributed by atoms with Crippen molar-refractivity contribution in [2.45, 2.75) is 0 Å². The van der Waals surface area contributed by atoms with Crippen molar-refractivity contribution in [3.8, 4) is 56.4 Å². The van der Waals surface area contributed by atoms with Gasteiger partial charge in [-0.15, -0.1) is 0 Å². The van der Waals surface area contributed by atoms with Crippen LogP contribution in [0.4, 0.5) is 0 Å². The predicted octanol–water partition coefficient (Wildman–Crippen LogP) is 8.55. The summed E-state index contributed by atoms with van der Waals surface area (Å²) in [4.78, 5) is 27.3. The van der Waals surface area contributed by atoms with E-state index >= 15 is 0 Å². The Hall–Kier alpha value is -6.14. The van der Waals surface area contributed by atoms with Crippen LogP contribution in [0.3, 0.4) is 0 Å². The minimum Gasteiger partial charge on any atom is -0.295 e. The van der Waals surface area contributed by atoms with Gasteiger partial charge in [-0.1, -0.05) is 115 Å². The maximum absolute atomic E-state index is 12.4. The molecule has 220 valence electrons. The maximum Gasteiger partial charge on any atom is 0.328 e. The van der Waals surface area contributed by atoms with Gasteiger partial charge in [-0.2, -0.15) is 0 Å². The molecule has 6 nitrogen and oxygen atoms in total. The Kier molecular flexibility index (Phi) is 6.61. The zero-order valence-corrected chi connectivity index (χ0v) is 25.4. The van der Waals surface area contributed by atoms with Crippen molar-refractivity contribution >= 4 is 21.8 Å². The lowest BCUT2D eigenvalue weighted by Crippen LogP contribution is -2.19. The average Bonchev–Trinajstić information content (AvgIpc) is 3.34. The van der Waals surface area contributed by atoms with Crippen LogP contribution in [0, 0.1) is 0 Å². The zero-order valence-electron chi connectivity index (χ0n) is 25.4. The van der Waals surface area contributed by atoms with Crippen molar-refractivity contribution in [2.75, 3.05) is 0 Å². The standard InChI is InChI=1S/C40H29N5O/c1-44-35-22-21-33(25-36(35)45(2)40(44)46)27-15-18-29(19-16-27)38-41-37(28-10-4-3-5-11-28)42-39(43-38)34-14-8-13-31(24-34)32-20-17-26-9-6-7-12-30(26)23-32/h3-25H,1-2H3. The van der Waals surface area contributed by atoms with Crippen molar-refractivity contribution in [3.05, 3.63) is 150 Å². The molecule has 8 aromatic rings. The molecule has 8 rings (SSSR count). The first-order chi connectivity index (χ1) is 22.5. The topological polar surface area (TPSA) is 65.6 Å². The van der Waals surface area contributed by atoms with E-state index in [1.165, 1.54) is 10.8 Å². The number of nitrogens with zero attached hydrogens (tertiary/aromatic N) is 5. The summed E-state index contributed by atoms with van der Waals surface area (Å²) in [6.07, 6.45) is 0. The highest BCUT2D eigenvalue weighted by Crippen LogP contribution is 2.31. The van der Waals surface area contributed by atoms with E-state index in [-0.39, 0.29) is 5.69 Å². The van der Waals surface area contributed by atoms with Crippen LogP contribution >= 0.6 is 0 Å². The van der Waals surface area contributed by atoms with E-state index < -0.39 is 0 Å². The van der Waals surface area contributed by atoms with E-state index in [4.69, 9.17) is 15.0 Å². The molecule has 46 heavy (non-hydrogen) atoms. The third-order valence-electron chi connectivity index (χ3n) is 8.62. The molecule has 0 radical (unpaired) electrons. The number of imidazole rings is 1. The van der Waals surface area contributed by atoms with Gasteiger partial charge < -0.3 is 0 Å². The molecule has 0 spiro atoms. The smallest absolute Gasteiger partial charge is 0.295 e. The van der Waals surface area contributed by atoms with Crippen LogP contribution in [0.1, 0.15) is 0 Å². The van der Waals surface area contributed by atoms with Gasteiger partial charge in [0.2, 0.25) is 0 Å². The lowest BCUT2D eigenvalue weighted by Gasteiger charge is -2.10. The largest absolute Gasteiger partial charge is 0.328 e. The fraction of sp³-hybridized carbons (Fsp3) is 0.0500. The first-order valence-electron chi connectivity index (χ1n) is 15.2. The minimum atomic E-state index is -0.0369. The van der Waals surface area contributed by atoms with Gasteiger partial charge in [0.25, 0.3) is 0 Å². The Morgan fingerprint density at radius 1 is 0.391 bits per heavy atom. The Balaban J connectivity index is 1.20. The highest BCUT2D eigenvalue weighted by Gasteiger charge is 2.14. The molecule has 2 heterocycles. The molecule has 0 aliphatic rings. The Morgan fingerprint density at radius 2 is 0.891 bits per heavy atom. The summed E-state index contributed by atoms with van der Waals surface area (Å²) < 4.78 is 3.35. The van der Waals surface area contributed by atoms with Crippen LogP contribution in [0.5, 0.6) is 0 Å². The van der Waals surface area contributed by atoms with E-state index in [9.17, 15) is 4.79 Å². The fourth-order valence-electron chi connectivity index (χ4n) is 6.06. The summed E-state index contributed by atoms with van der Waals surface area (Å²) >= 11 is 0. The van der Waals surface area contributed by atoms with Gasteiger partial charge in [0, 0.05) is 30.8 Å². The van der Waals surface area contributed by atoms with E-state index in [0.29, 0.717) is 17.5 Å². The summed E-state index contributed by atoms with van der Waals surface area (Å²) in [7, 11) is 3.60. The molecule has 0 amide bonds. The molecule has 0 aliphatic carbocycles. The number of fused-ring (bicyclic) bond motifs is 2. The lowest BCUT2D eigenvalue weighted by molar-refractivity contribution is 0.795. The van der Waals surface area contributed by atoms with Gasteiger partial charge in [0.15, 0.2) is 17.5 Å². The normalized spacial score (nSPS) is 11.3. The van der Waals surface area contributed by atoms with Crippen molar-refractivity contribution < 1.29 is 0 Å². The summed E-state index contributed by atoms with van der Waals surface area (Å²) in [5.41, 5.74) is 8.83. The molecule has 0 saturated carbocycles. The van der Waals surface area contributed by atoms with E-state index in [1.54, 1.807) is 23.2 Å². The Morgan fingerprint density at radius 3 is 1.65 bits per heavy atom. The van der Waals surface area contributed by atoms with Gasteiger partial charge in [0.05, 0.1) is 11.0 Å². The quantitative estimate of drug-likeness (QED) is 0.200. The molecule has 6 heteroatoms. The van der Waals surface area contributed by atoms with Gasteiger partial charge in [-0.25, -0.2) is 19.7 Å². The van der Waals surface area contributed by atoms with E-state index in [1.807, 2.05) is 54.6 Å². The molecule has 0 N–H and O–H groups in total. The fourth-order valence-corrected chi connectivity index (χ4v) is 6.06. The average molecular weight is 596 g/mol. The second-order valence-electron chi connectivity index (χ2n) is 11.5. The van der Waals surface area contributed by atoms with Gasteiger partial charge in [-0.3, -0.25) is 9.13 Å². The second-order valence-corrected chi connectivity index (χ2v) is 11.5. The molecule has 0 bridgehead atoms. The Bertz CT molecular complexity index is 2460. The Labute approximate surface area is 265 Å². The van der Waals surface area contributed by atoms with Crippen LogP contribution in [-0.4, -0.2) is 24.1 Å². The third-order valence-corrected chi connectivity index (χ3v) is 8.62. The molecule has 0 atom stereocenters. The summed E-state index contributed by atoms with van der Waals surface area (Å²) in [6, 6.07) is 47.7. The number of hydrogen-bond acceptors (Lipinski definition) is 4. The van der Waals surface area contributed by atoms with Crippen molar-refractivity contribution in [2.24, 2.45) is 14.1 Å². The van der Waals surface area contributed by atoms with Crippen LogP contribution in [0.25, 0.3) is 78.2 Å². The minimum absolute atomic E-state index is 0.0369. The molecule has 0 saturated heterocycles. The number of aromatic nitrogens is 5. The molecule has 0 unspecified atom stereocenters. The SMILES string of the molecule is Cn1c(=O)n(C)c2cc(-c3ccc(-c4nc(-c5ccccc5)nc(-c5cccc(-c6ccc7ccccc7c6)c5)n4)cc3)ccc21. The predicted molar refractivity (Wildman–Crippen MR) is 186 cm³/mol. The van der Waals surface area contributed by atoms with Crippen molar-refractivity contribution in [1.29, 1.82) is 0 Å². The number of rotatable bonds is 5. The summed E-state index contributed by atoms with van der Waals surface area (Å²) in [5.74, 6) is 1.84. The number of aryl methyl sites for hydroxylation is 2. The van der Waals surface area contributed by atoms with E-state index in [2.05, 4.69) is 84.9 Å².